The van der Waals surface area contributed by atoms with Gasteiger partial charge in [0.1, 0.15) is 5.01 Å². The van der Waals surface area contributed by atoms with E-state index >= 15 is 0 Å². The molecule has 134 valence electrons. The van der Waals surface area contributed by atoms with Crippen LogP contribution in [-0.4, -0.2) is 30.6 Å². The van der Waals surface area contributed by atoms with Crippen LogP contribution in [0.3, 0.4) is 0 Å². The van der Waals surface area contributed by atoms with E-state index in [1.807, 2.05) is 54.9 Å². The van der Waals surface area contributed by atoms with Crippen molar-refractivity contribution in [2.24, 2.45) is 0 Å². The number of anilines is 2. The highest BCUT2D eigenvalue weighted by atomic mass is 32.1. The van der Waals surface area contributed by atoms with E-state index < -0.39 is 0 Å². The van der Waals surface area contributed by atoms with E-state index in [1.54, 1.807) is 17.5 Å². The number of hydrogen-bond acceptors (Lipinski definition) is 4. The summed E-state index contributed by atoms with van der Waals surface area (Å²) in [7, 11) is 2.02. The Morgan fingerprint density at radius 2 is 1.88 bits per heavy atom. The molecule has 0 spiro atoms. The summed E-state index contributed by atoms with van der Waals surface area (Å²) in [5.41, 5.74) is 2.93. The molecule has 0 fully saturated rings. The second kappa shape index (κ2) is 8.49. The molecule has 0 aliphatic heterocycles. The molecule has 2 N–H and O–H groups in total. The van der Waals surface area contributed by atoms with Crippen molar-refractivity contribution in [1.29, 1.82) is 0 Å². The molecule has 3 aromatic rings. The molecule has 1 aromatic heterocycles. The molecule has 26 heavy (non-hydrogen) atoms. The number of urea groups is 1. The Morgan fingerprint density at radius 3 is 2.54 bits per heavy atom. The Kier molecular flexibility index (Phi) is 5.86. The zero-order chi connectivity index (χ0) is 18.4. The van der Waals surface area contributed by atoms with Gasteiger partial charge in [-0.25, -0.2) is 9.78 Å². The maximum Gasteiger partial charge on any atom is 0.319 e. The Hall–Kier alpha value is -2.86. The van der Waals surface area contributed by atoms with Gasteiger partial charge in [0.25, 0.3) is 0 Å². The summed E-state index contributed by atoms with van der Waals surface area (Å²) >= 11 is 1.59. The number of rotatable bonds is 6. The number of para-hydroxylation sites is 1. The second-order valence-corrected chi connectivity index (χ2v) is 6.94. The summed E-state index contributed by atoms with van der Waals surface area (Å²) in [6.45, 7) is 2.63. The summed E-state index contributed by atoms with van der Waals surface area (Å²) in [6, 6.07) is 17.8. The van der Waals surface area contributed by atoms with E-state index in [0.717, 1.165) is 21.9 Å². The third kappa shape index (κ3) is 4.61. The Labute approximate surface area is 157 Å². The van der Waals surface area contributed by atoms with Gasteiger partial charge in [-0.3, -0.25) is 0 Å². The van der Waals surface area contributed by atoms with Gasteiger partial charge >= 0.3 is 6.03 Å². The monoisotopic (exact) mass is 366 g/mol. The molecule has 0 bridgehead atoms. The van der Waals surface area contributed by atoms with Crippen molar-refractivity contribution in [1.82, 2.24) is 10.3 Å². The van der Waals surface area contributed by atoms with Crippen LogP contribution in [0.4, 0.5) is 16.2 Å². The third-order valence-electron chi connectivity index (χ3n) is 4.20. The van der Waals surface area contributed by atoms with Crippen molar-refractivity contribution in [3.05, 3.63) is 66.2 Å². The Morgan fingerprint density at radius 1 is 1.15 bits per heavy atom. The number of hydrogen-bond donors (Lipinski definition) is 2. The lowest BCUT2D eigenvalue weighted by Gasteiger charge is -2.27. The highest BCUT2D eigenvalue weighted by Gasteiger charge is 2.11. The summed E-state index contributed by atoms with van der Waals surface area (Å²) in [4.78, 5) is 18.6. The zero-order valence-corrected chi connectivity index (χ0v) is 15.7. The predicted molar refractivity (Wildman–Crippen MR) is 109 cm³/mol. The van der Waals surface area contributed by atoms with Crippen LogP contribution in [0.1, 0.15) is 6.92 Å². The molecule has 0 aliphatic rings. The number of benzene rings is 2. The van der Waals surface area contributed by atoms with Gasteiger partial charge in [-0.15, -0.1) is 11.3 Å². The molecule has 3 rings (SSSR count). The van der Waals surface area contributed by atoms with Gasteiger partial charge in [0.15, 0.2) is 0 Å². The van der Waals surface area contributed by atoms with Crippen LogP contribution in [0, 0.1) is 0 Å². The van der Waals surface area contributed by atoms with Crippen molar-refractivity contribution in [2.75, 3.05) is 23.8 Å². The van der Waals surface area contributed by atoms with Crippen LogP contribution < -0.4 is 15.5 Å². The fourth-order valence-electron chi connectivity index (χ4n) is 2.53. The maximum absolute atomic E-state index is 12.1. The van der Waals surface area contributed by atoms with Crippen LogP contribution in [0.15, 0.2) is 66.2 Å². The summed E-state index contributed by atoms with van der Waals surface area (Å²) in [6.07, 6.45) is 1.78. The van der Waals surface area contributed by atoms with Gasteiger partial charge in [-0.2, -0.15) is 0 Å². The van der Waals surface area contributed by atoms with Crippen molar-refractivity contribution >= 4 is 28.7 Å². The van der Waals surface area contributed by atoms with Gasteiger partial charge in [-0.1, -0.05) is 18.2 Å². The maximum atomic E-state index is 12.1. The van der Waals surface area contributed by atoms with Gasteiger partial charge in [-0.05, 0) is 43.3 Å². The SMILES string of the molecule is CC(CNC(=O)Nc1ccc(-c2nccs2)cc1)N(C)c1ccccc1. The lowest BCUT2D eigenvalue weighted by Crippen LogP contribution is -2.41. The van der Waals surface area contributed by atoms with Gasteiger partial charge in [0.2, 0.25) is 0 Å². The van der Waals surface area contributed by atoms with E-state index in [2.05, 4.69) is 39.6 Å². The summed E-state index contributed by atoms with van der Waals surface area (Å²) in [5, 5.41) is 8.70. The fourth-order valence-corrected chi connectivity index (χ4v) is 3.18. The molecule has 0 saturated heterocycles. The van der Waals surface area contributed by atoms with Gasteiger partial charge in [0, 0.05) is 48.1 Å². The number of aromatic nitrogens is 1. The molecule has 1 atom stereocenters. The van der Waals surface area contributed by atoms with E-state index in [-0.39, 0.29) is 12.1 Å². The average molecular weight is 366 g/mol. The molecule has 2 amide bonds. The van der Waals surface area contributed by atoms with Crippen molar-refractivity contribution in [3.8, 4) is 10.6 Å². The number of nitrogens with one attached hydrogen (secondary N) is 2. The Bertz CT molecular complexity index is 819. The molecule has 0 radical (unpaired) electrons. The predicted octanol–water partition coefficient (Wildman–Crippen LogP) is 4.46. The standard InChI is InChI=1S/C20H22N4OS/c1-15(24(2)18-6-4-3-5-7-18)14-22-20(25)23-17-10-8-16(9-11-17)19-21-12-13-26-19/h3-13,15H,14H2,1-2H3,(H2,22,23,25). The van der Waals surface area contributed by atoms with Crippen molar-refractivity contribution in [3.63, 3.8) is 0 Å². The van der Waals surface area contributed by atoms with Crippen LogP contribution in [0.5, 0.6) is 0 Å². The van der Waals surface area contributed by atoms with Crippen LogP contribution >= 0.6 is 11.3 Å². The molecule has 5 nitrogen and oxygen atoms in total. The first-order valence-corrected chi connectivity index (χ1v) is 9.34. The van der Waals surface area contributed by atoms with Crippen molar-refractivity contribution < 1.29 is 4.79 Å². The van der Waals surface area contributed by atoms with Crippen molar-refractivity contribution in [2.45, 2.75) is 13.0 Å². The molecule has 6 heteroatoms. The summed E-state index contributed by atoms with van der Waals surface area (Å²) in [5.74, 6) is 0. The quantitative estimate of drug-likeness (QED) is 0.677. The number of thiazole rings is 1. The number of nitrogens with zero attached hydrogens (tertiary/aromatic N) is 2. The molecule has 1 heterocycles. The highest BCUT2D eigenvalue weighted by molar-refractivity contribution is 7.13. The van der Waals surface area contributed by atoms with E-state index in [0.29, 0.717) is 6.54 Å². The first-order valence-electron chi connectivity index (χ1n) is 8.46. The topological polar surface area (TPSA) is 57.3 Å². The minimum Gasteiger partial charge on any atom is -0.370 e. The molecule has 0 saturated carbocycles. The number of carbonyl (C=O) groups is 1. The van der Waals surface area contributed by atoms with Crippen LogP contribution in [0.25, 0.3) is 10.6 Å². The number of carbonyl (C=O) groups excluding carboxylic acids is 1. The third-order valence-corrected chi connectivity index (χ3v) is 5.03. The van der Waals surface area contributed by atoms with E-state index in [1.165, 1.54) is 0 Å². The van der Waals surface area contributed by atoms with Gasteiger partial charge in [0.05, 0.1) is 0 Å². The first-order chi connectivity index (χ1) is 12.6. The zero-order valence-electron chi connectivity index (χ0n) is 14.8. The van der Waals surface area contributed by atoms with E-state index in [9.17, 15) is 4.79 Å². The normalized spacial score (nSPS) is 11.6. The first kappa shape index (κ1) is 17.9. The Balaban J connectivity index is 1.49. The van der Waals surface area contributed by atoms with Gasteiger partial charge < -0.3 is 15.5 Å². The molecule has 2 aromatic carbocycles. The largest absolute Gasteiger partial charge is 0.370 e. The minimum absolute atomic E-state index is 0.176. The average Bonchev–Trinajstić information content (AvgIpc) is 3.21. The number of amides is 2. The van der Waals surface area contributed by atoms with Crippen LogP contribution in [-0.2, 0) is 0 Å². The summed E-state index contributed by atoms with van der Waals surface area (Å²) < 4.78 is 0. The molecule has 1 unspecified atom stereocenters. The highest BCUT2D eigenvalue weighted by Crippen LogP contribution is 2.23. The molecule has 0 aliphatic carbocycles. The number of likely N-dealkylation sites (N-methyl/N-ethyl adjacent to an activating group) is 1. The van der Waals surface area contributed by atoms with Crippen LogP contribution in [0.2, 0.25) is 0 Å². The molecular weight excluding hydrogens is 344 g/mol. The van der Waals surface area contributed by atoms with E-state index in [4.69, 9.17) is 0 Å². The lowest BCUT2D eigenvalue weighted by atomic mass is 10.2. The fraction of sp³-hybridized carbons (Fsp3) is 0.200. The lowest BCUT2D eigenvalue weighted by molar-refractivity contribution is 0.251. The second-order valence-electron chi connectivity index (χ2n) is 6.05. The molecular formula is C20H22N4OS. The smallest absolute Gasteiger partial charge is 0.319 e. The minimum atomic E-state index is -0.208.